The Morgan fingerprint density at radius 3 is 2.76 bits per heavy atom. The van der Waals surface area contributed by atoms with Gasteiger partial charge < -0.3 is 5.73 Å². The maximum atomic E-state index is 5.71. The molecular weight excluding hydrogens is 236 g/mol. The summed E-state index contributed by atoms with van der Waals surface area (Å²) in [5, 5.41) is 14.5. The molecule has 0 saturated carbocycles. The van der Waals surface area contributed by atoms with E-state index in [1.165, 1.54) is 0 Å². The predicted molar refractivity (Wildman–Crippen MR) is 66.3 cm³/mol. The van der Waals surface area contributed by atoms with E-state index >= 15 is 0 Å². The summed E-state index contributed by atoms with van der Waals surface area (Å²) >= 11 is 1.62. The molecule has 0 amide bonds. The van der Waals surface area contributed by atoms with E-state index in [-0.39, 0.29) is 0 Å². The van der Waals surface area contributed by atoms with Gasteiger partial charge in [0.2, 0.25) is 0 Å². The van der Waals surface area contributed by atoms with Crippen LogP contribution in [0.4, 0.5) is 5.82 Å². The third kappa shape index (κ3) is 1.70. The maximum Gasteiger partial charge on any atom is 0.174 e. The van der Waals surface area contributed by atoms with Gasteiger partial charge in [-0.1, -0.05) is 0 Å². The Morgan fingerprint density at radius 1 is 1.29 bits per heavy atom. The van der Waals surface area contributed by atoms with Crippen LogP contribution in [-0.2, 0) is 7.05 Å². The van der Waals surface area contributed by atoms with Gasteiger partial charge in [-0.15, -0.1) is 16.4 Å². The minimum atomic E-state index is 0.421. The van der Waals surface area contributed by atoms with Gasteiger partial charge in [-0.2, -0.15) is 15.4 Å². The summed E-state index contributed by atoms with van der Waals surface area (Å²) in [5.41, 5.74) is 7.50. The number of aromatic nitrogens is 5. The fourth-order valence-corrected chi connectivity index (χ4v) is 2.57. The summed E-state index contributed by atoms with van der Waals surface area (Å²) in [6.07, 6.45) is 3.81. The van der Waals surface area contributed by atoms with Crippen LogP contribution in [-0.4, -0.2) is 25.2 Å². The number of anilines is 1. The third-order valence-corrected chi connectivity index (χ3v) is 3.54. The summed E-state index contributed by atoms with van der Waals surface area (Å²) < 4.78 is 1.78. The Bertz CT molecular complexity index is 649. The molecule has 3 N–H and O–H groups in total. The number of aryl methyl sites for hydroxylation is 1. The SMILES string of the molecule is Cn1cc(-c2ccc(-c3n[nH]nc3N)s2)cn1. The molecule has 0 atom stereocenters. The first-order valence-corrected chi connectivity index (χ1v) is 5.81. The van der Waals surface area contributed by atoms with E-state index in [9.17, 15) is 0 Å². The lowest BCUT2D eigenvalue weighted by molar-refractivity contribution is 0.768. The fraction of sp³-hybridized carbons (Fsp3) is 0.100. The number of hydrogen-bond donors (Lipinski definition) is 2. The number of thiophene rings is 1. The van der Waals surface area contributed by atoms with Crippen LogP contribution < -0.4 is 5.73 Å². The van der Waals surface area contributed by atoms with Crippen molar-refractivity contribution in [2.45, 2.75) is 0 Å². The van der Waals surface area contributed by atoms with Gasteiger partial charge in [0.15, 0.2) is 5.82 Å². The van der Waals surface area contributed by atoms with Crippen LogP contribution in [0.15, 0.2) is 24.5 Å². The predicted octanol–water partition coefficient (Wildman–Crippen LogP) is 1.52. The lowest BCUT2D eigenvalue weighted by atomic mass is 10.3. The average molecular weight is 246 g/mol. The van der Waals surface area contributed by atoms with Gasteiger partial charge in [-0.05, 0) is 12.1 Å². The Morgan fingerprint density at radius 2 is 2.12 bits per heavy atom. The van der Waals surface area contributed by atoms with Crippen molar-refractivity contribution in [3.63, 3.8) is 0 Å². The molecule has 3 aromatic heterocycles. The van der Waals surface area contributed by atoms with E-state index in [0.717, 1.165) is 15.3 Å². The van der Waals surface area contributed by atoms with Gasteiger partial charge in [-0.25, -0.2) is 0 Å². The molecule has 0 aromatic carbocycles. The second-order valence-electron chi connectivity index (χ2n) is 3.62. The zero-order valence-corrected chi connectivity index (χ0v) is 9.90. The molecule has 17 heavy (non-hydrogen) atoms. The second-order valence-corrected chi connectivity index (χ2v) is 4.71. The lowest BCUT2D eigenvalue weighted by Crippen LogP contribution is -1.86. The van der Waals surface area contributed by atoms with Crippen molar-refractivity contribution in [2.75, 3.05) is 5.73 Å². The number of rotatable bonds is 2. The van der Waals surface area contributed by atoms with Crippen molar-refractivity contribution in [3.05, 3.63) is 24.5 Å². The Hall–Kier alpha value is -2.15. The van der Waals surface area contributed by atoms with Gasteiger partial charge in [0.1, 0.15) is 5.69 Å². The van der Waals surface area contributed by atoms with E-state index in [1.807, 2.05) is 31.6 Å². The van der Waals surface area contributed by atoms with Gasteiger partial charge in [0.05, 0.1) is 11.1 Å². The van der Waals surface area contributed by atoms with Crippen LogP contribution in [0.2, 0.25) is 0 Å². The minimum Gasteiger partial charge on any atom is -0.380 e. The molecule has 3 aromatic rings. The van der Waals surface area contributed by atoms with E-state index in [1.54, 1.807) is 16.0 Å². The van der Waals surface area contributed by atoms with Gasteiger partial charge in [0.25, 0.3) is 0 Å². The Balaban J connectivity index is 2.01. The zero-order chi connectivity index (χ0) is 11.8. The summed E-state index contributed by atoms with van der Waals surface area (Å²) in [5.74, 6) is 0.421. The van der Waals surface area contributed by atoms with E-state index in [4.69, 9.17) is 5.73 Å². The quantitative estimate of drug-likeness (QED) is 0.717. The molecule has 0 aliphatic carbocycles. The topological polar surface area (TPSA) is 85.4 Å². The van der Waals surface area contributed by atoms with Crippen molar-refractivity contribution < 1.29 is 0 Å². The monoisotopic (exact) mass is 246 g/mol. The smallest absolute Gasteiger partial charge is 0.174 e. The number of nitrogens with two attached hydrogens (primary N) is 1. The maximum absolute atomic E-state index is 5.71. The first-order valence-electron chi connectivity index (χ1n) is 4.99. The number of nitrogens with one attached hydrogen (secondary N) is 1. The molecule has 0 radical (unpaired) electrons. The minimum absolute atomic E-state index is 0.421. The van der Waals surface area contributed by atoms with Crippen molar-refractivity contribution in [2.24, 2.45) is 7.05 Å². The molecule has 0 bridgehead atoms. The molecular formula is C10H10N6S. The fourth-order valence-electron chi connectivity index (χ4n) is 1.59. The van der Waals surface area contributed by atoms with Crippen LogP contribution in [0.1, 0.15) is 0 Å². The molecule has 0 fully saturated rings. The van der Waals surface area contributed by atoms with Crippen molar-refractivity contribution in [1.82, 2.24) is 25.2 Å². The molecule has 0 aliphatic heterocycles. The highest BCUT2D eigenvalue weighted by atomic mass is 32.1. The number of nitrogen functional groups attached to an aromatic ring is 1. The highest BCUT2D eigenvalue weighted by molar-refractivity contribution is 7.18. The van der Waals surface area contributed by atoms with Crippen molar-refractivity contribution >= 4 is 17.2 Å². The number of hydrogen-bond acceptors (Lipinski definition) is 5. The van der Waals surface area contributed by atoms with Gasteiger partial charge in [0, 0.05) is 23.7 Å². The Kier molecular flexibility index (Phi) is 2.19. The number of aromatic amines is 1. The molecule has 86 valence electrons. The van der Waals surface area contributed by atoms with Crippen LogP contribution in [0, 0.1) is 0 Å². The molecule has 7 heteroatoms. The summed E-state index contributed by atoms with van der Waals surface area (Å²) in [6, 6.07) is 4.02. The van der Waals surface area contributed by atoms with E-state index < -0.39 is 0 Å². The van der Waals surface area contributed by atoms with Crippen molar-refractivity contribution in [3.8, 4) is 21.0 Å². The Labute approximate surface area is 101 Å². The third-order valence-electron chi connectivity index (χ3n) is 2.40. The number of H-pyrrole nitrogens is 1. The highest BCUT2D eigenvalue weighted by Crippen LogP contribution is 2.34. The molecule has 0 unspecified atom stereocenters. The first-order chi connectivity index (χ1) is 8.24. The molecule has 0 saturated heterocycles. The molecule has 6 nitrogen and oxygen atoms in total. The van der Waals surface area contributed by atoms with E-state index in [2.05, 4.69) is 20.5 Å². The molecule has 0 spiro atoms. The highest BCUT2D eigenvalue weighted by Gasteiger charge is 2.11. The molecule has 3 rings (SSSR count). The molecule has 3 heterocycles. The van der Waals surface area contributed by atoms with Gasteiger partial charge >= 0.3 is 0 Å². The normalized spacial score (nSPS) is 10.9. The van der Waals surface area contributed by atoms with Crippen LogP contribution >= 0.6 is 11.3 Å². The second kappa shape index (κ2) is 3.70. The summed E-state index contributed by atoms with van der Waals surface area (Å²) in [4.78, 5) is 2.13. The van der Waals surface area contributed by atoms with E-state index in [0.29, 0.717) is 11.5 Å². The van der Waals surface area contributed by atoms with Crippen LogP contribution in [0.25, 0.3) is 21.0 Å². The van der Waals surface area contributed by atoms with Crippen LogP contribution in [0.5, 0.6) is 0 Å². The summed E-state index contributed by atoms with van der Waals surface area (Å²) in [6.45, 7) is 0. The van der Waals surface area contributed by atoms with Gasteiger partial charge in [-0.3, -0.25) is 4.68 Å². The van der Waals surface area contributed by atoms with Crippen molar-refractivity contribution in [1.29, 1.82) is 0 Å². The lowest BCUT2D eigenvalue weighted by Gasteiger charge is -1.90. The molecule has 0 aliphatic rings. The first kappa shape index (κ1) is 10.0. The largest absolute Gasteiger partial charge is 0.380 e. The van der Waals surface area contributed by atoms with Crippen LogP contribution in [0.3, 0.4) is 0 Å². The zero-order valence-electron chi connectivity index (χ0n) is 9.08. The summed E-state index contributed by atoms with van der Waals surface area (Å²) in [7, 11) is 1.90. The number of nitrogens with zero attached hydrogens (tertiary/aromatic N) is 4. The average Bonchev–Trinajstić information content (AvgIpc) is 2.97. The standard InChI is InChI=1S/C10H10N6S/c1-16-5-6(4-12-16)7-2-3-8(17-7)9-10(11)14-15-13-9/h2-5H,1H3,(H3,11,13,14,15).